The lowest BCUT2D eigenvalue weighted by molar-refractivity contribution is -0.187. The topological polar surface area (TPSA) is 96.0 Å². The molecule has 2 rings (SSSR count). The van der Waals surface area contributed by atoms with Gasteiger partial charge in [-0.05, 0) is 42.2 Å². The molecular weight excluding hydrogens is 448 g/mol. The normalized spacial score (nSPS) is 11.0. The molecule has 0 saturated carbocycles. The smallest absolute Gasteiger partial charge is 0.390 e. The third-order valence-electron chi connectivity index (χ3n) is 5.13. The average molecular weight is 483 g/mol. The molecule has 0 fully saturated rings. The molecule has 0 aliphatic rings. The van der Waals surface area contributed by atoms with Gasteiger partial charge in [-0.2, -0.15) is 0 Å². The lowest BCUT2D eigenvalue weighted by Gasteiger charge is -2.17. The fourth-order valence-electron chi connectivity index (χ4n) is 3.32. The average Bonchev–Trinajstić information content (AvgIpc) is 2.81. The van der Waals surface area contributed by atoms with Crippen LogP contribution in [-0.4, -0.2) is 23.7 Å². The van der Waals surface area contributed by atoms with Crippen LogP contribution in [0.25, 0.3) is 0 Å². The second kappa shape index (κ2) is 13.4. The Kier molecular flexibility index (Phi) is 10.6. The van der Waals surface area contributed by atoms with E-state index in [4.69, 9.17) is 9.62 Å². The Bertz CT molecular complexity index is 1020. The van der Waals surface area contributed by atoms with Crippen molar-refractivity contribution in [2.75, 3.05) is 0 Å². The predicted octanol–water partition coefficient (Wildman–Crippen LogP) is 6.50. The van der Waals surface area contributed by atoms with Crippen LogP contribution in [0.3, 0.4) is 0 Å². The summed E-state index contributed by atoms with van der Waals surface area (Å²) >= 11 is 0. The summed E-state index contributed by atoms with van der Waals surface area (Å²) in [6, 6.07) is 12.2. The number of esters is 1. The molecule has 0 spiro atoms. The minimum absolute atomic E-state index is 0.0699. The number of benzene rings is 2. The molecule has 0 heterocycles. The first-order valence-electron chi connectivity index (χ1n) is 12.0. The van der Waals surface area contributed by atoms with Gasteiger partial charge in [-0.15, -0.1) is 0 Å². The Morgan fingerprint density at radius 2 is 1.43 bits per heavy atom. The SMILES string of the molecule is CCCCCCCC(=O)c1ccc(OC(=O)CC(C)(C)C)c(C(=O)OOC(=O)c2ccccc2)c1. The van der Waals surface area contributed by atoms with Gasteiger partial charge in [-0.3, -0.25) is 9.59 Å². The highest BCUT2D eigenvalue weighted by atomic mass is 17.2. The molecule has 0 atom stereocenters. The van der Waals surface area contributed by atoms with Crippen molar-refractivity contribution in [1.29, 1.82) is 0 Å². The lowest BCUT2D eigenvalue weighted by Crippen LogP contribution is -2.20. The van der Waals surface area contributed by atoms with E-state index in [9.17, 15) is 19.2 Å². The zero-order chi connectivity index (χ0) is 25.8. The van der Waals surface area contributed by atoms with Gasteiger partial charge < -0.3 is 4.74 Å². The number of hydrogen-bond donors (Lipinski definition) is 0. The summed E-state index contributed by atoms with van der Waals surface area (Å²) in [5, 5.41) is 0. The number of Topliss-reactive ketones (excluding diaryl/α,β-unsaturated/α-hetero) is 1. The minimum Gasteiger partial charge on any atom is -0.426 e. The van der Waals surface area contributed by atoms with Gasteiger partial charge in [-0.1, -0.05) is 71.6 Å². The summed E-state index contributed by atoms with van der Waals surface area (Å²) in [6.07, 6.45) is 5.45. The number of ether oxygens (including phenoxy) is 1. The number of unbranched alkanes of at least 4 members (excludes halogenated alkanes) is 4. The second-order valence-corrected chi connectivity index (χ2v) is 9.62. The number of ketones is 1. The highest BCUT2D eigenvalue weighted by Crippen LogP contribution is 2.26. The van der Waals surface area contributed by atoms with Crippen molar-refractivity contribution in [1.82, 2.24) is 0 Å². The van der Waals surface area contributed by atoms with E-state index in [1.807, 2.05) is 20.8 Å². The molecule has 0 bridgehead atoms. The van der Waals surface area contributed by atoms with Crippen LogP contribution in [0.4, 0.5) is 0 Å². The minimum atomic E-state index is -1.05. The summed E-state index contributed by atoms with van der Waals surface area (Å²) in [5.41, 5.74) is -0.0112. The zero-order valence-corrected chi connectivity index (χ0v) is 20.9. The van der Waals surface area contributed by atoms with Crippen molar-refractivity contribution in [2.24, 2.45) is 5.41 Å². The molecule has 0 amide bonds. The van der Waals surface area contributed by atoms with E-state index in [2.05, 4.69) is 11.8 Å². The molecule has 0 saturated heterocycles. The Morgan fingerprint density at radius 1 is 0.771 bits per heavy atom. The van der Waals surface area contributed by atoms with E-state index in [1.165, 1.54) is 30.3 Å². The zero-order valence-electron chi connectivity index (χ0n) is 20.9. The van der Waals surface area contributed by atoms with Crippen LogP contribution in [0.5, 0.6) is 5.75 Å². The summed E-state index contributed by atoms with van der Waals surface area (Å²) in [5.74, 6) is -2.65. The second-order valence-electron chi connectivity index (χ2n) is 9.62. The van der Waals surface area contributed by atoms with E-state index in [1.54, 1.807) is 18.2 Å². The van der Waals surface area contributed by atoms with Gasteiger partial charge in [0.25, 0.3) is 0 Å². The maximum Gasteiger partial charge on any atom is 0.390 e. The number of carbonyl (C=O) groups excluding carboxylic acids is 4. The third kappa shape index (κ3) is 9.73. The van der Waals surface area contributed by atoms with Gasteiger partial charge in [0.2, 0.25) is 0 Å². The standard InChI is InChI=1S/C28H34O7/c1-5-6-7-8-12-15-23(29)21-16-17-24(33-25(30)19-28(2,3)4)22(18-21)27(32)35-34-26(31)20-13-10-9-11-14-20/h9-11,13-14,16-18H,5-8,12,15,19H2,1-4H3. The fourth-order valence-corrected chi connectivity index (χ4v) is 3.32. The van der Waals surface area contributed by atoms with Crippen molar-refractivity contribution in [3.63, 3.8) is 0 Å². The molecule has 7 heteroatoms. The summed E-state index contributed by atoms with van der Waals surface area (Å²) in [7, 11) is 0. The maximum atomic E-state index is 12.8. The monoisotopic (exact) mass is 482 g/mol. The van der Waals surface area contributed by atoms with Crippen molar-refractivity contribution in [2.45, 2.75) is 72.6 Å². The largest absolute Gasteiger partial charge is 0.426 e. The van der Waals surface area contributed by atoms with Crippen LogP contribution in [0.15, 0.2) is 48.5 Å². The molecule has 7 nitrogen and oxygen atoms in total. The van der Waals surface area contributed by atoms with Gasteiger partial charge in [0.1, 0.15) is 11.3 Å². The van der Waals surface area contributed by atoms with E-state index < -0.39 is 17.9 Å². The molecule has 0 aliphatic carbocycles. The predicted molar refractivity (Wildman–Crippen MR) is 131 cm³/mol. The van der Waals surface area contributed by atoms with Crippen LogP contribution in [-0.2, 0) is 14.6 Å². The molecule has 0 radical (unpaired) electrons. The van der Waals surface area contributed by atoms with Crippen LogP contribution in [0.2, 0.25) is 0 Å². The molecular formula is C28H34O7. The molecule has 35 heavy (non-hydrogen) atoms. The first-order chi connectivity index (χ1) is 16.6. The van der Waals surface area contributed by atoms with Crippen LogP contribution < -0.4 is 4.74 Å². The maximum absolute atomic E-state index is 12.8. The highest BCUT2D eigenvalue weighted by molar-refractivity contribution is 6.01. The van der Waals surface area contributed by atoms with Gasteiger partial charge in [0, 0.05) is 12.0 Å². The van der Waals surface area contributed by atoms with Crippen LogP contribution in [0.1, 0.15) is 104 Å². The van der Waals surface area contributed by atoms with Crippen LogP contribution in [0, 0.1) is 5.41 Å². The third-order valence-corrected chi connectivity index (χ3v) is 5.13. The van der Waals surface area contributed by atoms with Crippen LogP contribution >= 0.6 is 0 Å². The molecule has 0 N–H and O–H groups in total. The van der Waals surface area contributed by atoms with Gasteiger partial charge in [0.05, 0.1) is 12.0 Å². The lowest BCUT2D eigenvalue weighted by atomic mass is 9.92. The first kappa shape index (κ1) is 27.8. The first-order valence-corrected chi connectivity index (χ1v) is 12.0. The molecule has 0 unspecified atom stereocenters. The Balaban J connectivity index is 2.17. The number of hydrogen-bond acceptors (Lipinski definition) is 7. The molecule has 188 valence electrons. The Hall–Kier alpha value is -3.48. The molecule has 2 aromatic carbocycles. The Morgan fingerprint density at radius 3 is 2.09 bits per heavy atom. The fraction of sp³-hybridized carbons (Fsp3) is 0.429. The van der Waals surface area contributed by atoms with Gasteiger partial charge in [-0.25, -0.2) is 19.4 Å². The Labute approximate surface area is 206 Å². The quantitative estimate of drug-likeness (QED) is 0.0900. The summed E-state index contributed by atoms with van der Waals surface area (Å²) in [6.45, 7) is 7.77. The molecule has 2 aromatic rings. The van der Waals surface area contributed by atoms with E-state index in [0.717, 1.165) is 32.1 Å². The van der Waals surface area contributed by atoms with E-state index in [-0.39, 0.29) is 40.1 Å². The molecule has 0 aliphatic heterocycles. The van der Waals surface area contributed by atoms with Crippen molar-refractivity contribution in [3.8, 4) is 5.75 Å². The van der Waals surface area contributed by atoms with Crippen molar-refractivity contribution in [3.05, 3.63) is 65.2 Å². The number of carbonyl (C=O) groups is 4. The summed E-state index contributed by atoms with van der Waals surface area (Å²) in [4.78, 5) is 59.4. The molecule has 0 aromatic heterocycles. The number of rotatable bonds is 11. The van der Waals surface area contributed by atoms with Crippen molar-refractivity contribution < 1.29 is 33.7 Å². The van der Waals surface area contributed by atoms with E-state index >= 15 is 0 Å². The van der Waals surface area contributed by atoms with Gasteiger partial charge >= 0.3 is 17.9 Å². The van der Waals surface area contributed by atoms with E-state index in [0.29, 0.717) is 6.42 Å². The summed E-state index contributed by atoms with van der Waals surface area (Å²) < 4.78 is 5.40. The van der Waals surface area contributed by atoms with Gasteiger partial charge in [0.15, 0.2) is 5.78 Å². The highest BCUT2D eigenvalue weighted by Gasteiger charge is 2.24. The van der Waals surface area contributed by atoms with Crippen molar-refractivity contribution >= 4 is 23.7 Å².